The molecule has 1 saturated carbocycles. The van der Waals surface area contributed by atoms with Gasteiger partial charge in [0.1, 0.15) is 0 Å². The topological polar surface area (TPSA) is 73.4 Å². The lowest BCUT2D eigenvalue weighted by Gasteiger charge is -2.40. The molecule has 0 spiro atoms. The third kappa shape index (κ3) is 2.58. The summed E-state index contributed by atoms with van der Waals surface area (Å²) in [5.74, 6) is 0.473. The second-order valence-electron chi connectivity index (χ2n) is 7.50. The minimum atomic E-state index is -0.648. The van der Waals surface area contributed by atoms with Crippen LogP contribution in [0.25, 0.3) is 10.8 Å². The molecule has 2 aromatic rings. The fourth-order valence-corrected chi connectivity index (χ4v) is 4.79. The van der Waals surface area contributed by atoms with E-state index in [-0.39, 0.29) is 17.4 Å². The van der Waals surface area contributed by atoms with Crippen molar-refractivity contribution in [3.63, 3.8) is 0 Å². The summed E-state index contributed by atoms with van der Waals surface area (Å²) in [6.45, 7) is 3.32. The van der Waals surface area contributed by atoms with E-state index in [1.54, 1.807) is 12.1 Å². The Morgan fingerprint density at radius 2 is 2.08 bits per heavy atom. The maximum atomic E-state index is 13.1. The number of aromatic nitrogens is 1. The standard InChI is InChI=1S/C20H24N2O3/c1-2-20(25)9-5-6-13-11-22(12-17(13)20)19(24)16-10-21-18(23)15-8-4-3-7-14(15)16/h3-4,7-8,10,13,17,25H,2,5-6,9,11-12H2,1H3,(H,21,23)/t13-,17+,20-/m0/s1. The molecule has 2 heterocycles. The number of hydrogen-bond acceptors (Lipinski definition) is 3. The first-order valence-electron chi connectivity index (χ1n) is 9.15. The monoisotopic (exact) mass is 340 g/mol. The quantitative estimate of drug-likeness (QED) is 0.882. The average molecular weight is 340 g/mol. The molecule has 5 nitrogen and oxygen atoms in total. The van der Waals surface area contributed by atoms with Gasteiger partial charge in [-0.15, -0.1) is 0 Å². The van der Waals surface area contributed by atoms with Crippen LogP contribution in [0, 0.1) is 11.8 Å². The molecule has 1 aromatic heterocycles. The number of nitrogens with zero attached hydrogens (tertiary/aromatic N) is 1. The zero-order valence-electron chi connectivity index (χ0n) is 14.5. The number of benzene rings is 1. The van der Waals surface area contributed by atoms with Gasteiger partial charge >= 0.3 is 0 Å². The molecule has 2 N–H and O–H groups in total. The Morgan fingerprint density at radius 1 is 1.32 bits per heavy atom. The van der Waals surface area contributed by atoms with Gasteiger partial charge < -0.3 is 15.0 Å². The van der Waals surface area contributed by atoms with Crippen LogP contribution in [0.2, 0.25) is 0 Å². The van der Waals surface area contributed by atoms with Crippen molar-refractivity contribution in [2.45, 2.75) is 38.2 Å². The van der Waals surface area contributed by atoms with Gasteiger partial charge in [-0.3, -0.25) is 9.59 Å². The van der Waals surface area contributed by atoms with E-state index in [2.05, 4.69) is 4.98 Å². The smallest absolute Gasteiger partial charge is 0.255 e. The predicted octanol–water partition coefficient (Wildman–Crippen LogP) is 2.54. The number of H-pyrrole nitrogens is 1. The first-order valence-corrected chi connectivity index (χ1v) is 9.15. The lowest BCUT2D eigenvalue weighted by Crippen LogP contribution is -2.44. The average Bonchev–Trinajstić information content (AvgIpc) is 3.08. The fourth-order valence-electron chi connectivity index (χ4n) is 4.79. The Labute approximate surface area is 146 Å². The number of likely N-dealkylation sites (tertiary alicyclic amines) is 1. The molecular formula is C20H24N2O3. The Balaban J connectivity index is 1.67. The van der Waals surface area contributed by atoms with E-state index in [0.29, 0.717) is 35.3 Å². The Hall–Kier alpha value is -2.14. The van der Waals surface area contributed by atoms with Gasteiger partial charge in [-0.2, -0.15) is 0 Å². The summed E-state index contributed by atoms with van der Waals surface area (Å²) in [6.07, 6.45) is 5.19. The van der Waals surface area contributed by atoms with Gasteiger partial charge in [-0.05, 0) is 31.2 Å². The summed E-state index contributed by atoms with van der Waals surface area (Å²) < 4.78 is 0. The van der Waals surface area contributed by atoms with E-state index in [0.717, 1.165) is 25.7 Å². The van der Waals surface area contributed by atoms with E-state index in [9.17, 15) is 14.7 Å². The Bertz CT molecular complexity index is 875. The lowest BCUT2D eigenvalue weighted by molar-refractivity contribution is -0.0609. The number of carbonyl (C=O) groups excluding carboxylic acids is 1. The Morgan fingerprint density at radius 3 is 2.84 bits per heavy atom. The normalized spacial score (nSPS) is 29.0. The second-order valence-corrected chi connectivity index (χ2v) is 7.50. The molecule has 0 bridgehead atoms. The highest BCUT2D eigenvalue weighted by atomic mass is 16.3. The maximum Gasteiger partial charge on any atom is 0.255 e. The molecule has 1 aromatic carbocycles. The van der Waals surface area contributed by atoms with E-state index >= 15 is 0 Å². The van der Waals surface area contributed by atoms with Crippen LogP contribution < -0.4 is 5.56 Å². The summed E-state index contributed by atoms with van der Waals surface area (Å²) in [4.78, 5) is 29.7. The molecule has 0 radical (unpaired) electrons. The summed E-state index contributed by atoms with van der Waals surface area (Å²) >= 11 is 0. The molecule has 2 aliphatic rings. The second kappa shape index (κ2) is 5.99. The van der Waals surface area contributed by atoms with Crippen LogP contribution in [0.1, 0.15) is 43.0 Å². The van der Waals surface area contributed by atoms with E-state index < -0.39 is 5.60 Å². The number of fused-ring (bicyclic) bond motifs is 2. The minimum absolute atomic E-state index is 0.0553. The molecule has 1 saturated heterocycles. The highest BCUT2D eigenvalue weighted by Crippen LogP contribution is 2.44. The number of rotatable bonds is 2. The summed E-state index contributed by atoms with van der Waals surface area (Å²) in [6, 6.07) is 7.21. The summed E-state index contributed by atoms with van der Waals surface area (Å²) in [5.41, 5.74) is -0.290. The molecule has 132 valence electrons. The van der Waals surface area contributed by atoms with Crippen molar-refractivity contribution in [1.82, 2.24) is 9.88 Å². The number of nitrogens with one attached hydrogen (secondary N) is 1. The number of pyridine rings is 1. The van der Waals surface area contributed by atoms with Gasteiger partial charge in [0.25, 0.3) is 11.5 Å². The molecule has 4 rings (SSSR count). The first-order chi connectivity index (χ1) is 12.0. The van der Waals surface area contributed by atoms with E-state index in [1.807, 2.05) is 24.0 Å². The van der Waals surface area contributed by atoms with Gasteiger partial charge in [-0.1, -0.05) is 31.5 Å². The highest BCUT2D eigenvalue weighted by Gasteiger charge is 2.48. The van der Waals surface area contributed by atoms with Crippen LogP contribution in [0.3, 0.4) is 0 Å². The minimum Gasteiger partial charge on any atom is -0.390 e. The number of amides is 1. The highest BCUT2D eigenvalue weighted by molar-refractivity contribution is 6.06. The molecule has 1 amide bonds. The fraction of sp³-hybridized carbons (Fsp3) is 0.500. The molecular weight excluding hydrogens is 316 g/mol. The van der Waals surface area contributed by atoms with Crippen LogP contribution in [0.5, 0.6) is 0 Å². The maximum absolute atomic E-state index is 13.1. The van der Waals surface area contributed by atoms with Crippen molar-refractivity contribution in [1.29, 1.82) is 0 Å². The third-order valence-corrected chi connectivity index (χ3v) is 6.26. The molecule has 5 heteroatoms. The molecule has 2 fully saturated rings. The molecule has 1 aliphatic carbocycles. The lowest BCUT2D eigenvalue weighted by atomic mass is 9.69. The number of carbonyl (C=O) groups is 1. The van der Waals surface area contributed by atoms with Gasteiger partial charge in [0.2, 0.25) is 0 Å². The zero-order valence-corrected chi connectivity index (χ0v) is 14.5. The van der Waals surface area contributed by atoms with E-state index in [1.165, 1.54) is 6.20 Å². The van der Waals surface area contributed by atoms with Crippen LogP contribution in [0.15, 0.2) is 35.3 Å². The van der Waals surface area contributed by atoms with Crippen molar-refractivity contribution in [3.05, 3.63) is 46.4 Å². The zero-order chi connectivity index (χ0) is 17.6. The predicted molar refractivity (Wildman–Crippen MR) is 96.5 cm³/mol. The van der Waals surface area contributed by atoms with Gasteiger partial charge in [0.15, 0.2) is 0 Å². The largest absolute Gasteiger partial charge is 0.390 e. The number of aliphatic hydroxyl groups is 1. The third-order valence-electron chi connectivity index (χ3n) is 6.26. The summed E-state index contributed by atoms with van der Waals surface area (Å²) in [7, 11) is 0. The van der Waals surface area contributed by atoms with Crippen LogP contribution in [0.4, 0.5) is 0 Å². The van der Waals surface area contributed by atoms with Gasteiger partial charge in [0, 0.05) is 36.0 Å². The molecule has 3 atom stereocenters. The van der Waals surface area contributed by atoms with E-state index in [4.69, 9.17) is 0 Å². The van der Waals surface area contributed by atoms with Crippen molar-refractivity contribution in [2.75, 3.05) is 13.1 Å². The van der Waals surface area contributed by atoms with Gasteiger partial charge in [0.05, 0.1) is 11.2 Å². The summed E-state index contributed by atoms with van der Waals surface area (Å²) in [5, 5.41) is 12.2. The molecule has 25 heavy (non-hydrogen) atoms. The van der Waals surface area contributed by atoms with Crippen molar-refractivity contribution in [2.24, 2.45) is 11.8 Å². The van der Waals surface area contributed by atoms with Crippen LogP contribution in [-0.2, 0) is 0 Å². The molecule has 0 unspecified atom stereocenters. The van der Waals surface area contributed by atoms with Crippen LogP contribution >= 0.6 is 0 Å². The van der Waals surface area contributed by atoms with Crippen molar-refractivity contribution in [3.8, 4) is 0 Å². The Kier molecular flexibility index (Phi) is 3.91. The number of hydrogen-bond donors (Lipinski definition) is 2. The molecule has 1 aliphatic heterocycles. The van der Waals surface area contributed by atoms with Crippen LogP contribution in [-0.4, -0.2) is 39.6 Å². The first kappa shape index (κ1) is 16.3. The SMILES string of the molecule is CC[C@]1(O)CCC[C@H]2CN(C(=O)c3c[nH]c(=O)c4ccccc34)C[C@H]21. The van der Waals surface area contributed by atoms with Crippen molar-refractivity contribution < 1.29 is 9.90 Å². The van der Waals surface area contributed by atoms with Gasteiger partial charge in [-0.25, -0.2) is 0 Å². The number of aromatic amines is 1. The van der Waals surface area contributed by atoms with Crippen molar-refractivity contribution >= 4 is 16.7 Å².